The lowest BCUT2D eigenvalue weighted by molar-refractivity contribution is 0.673. The lowest BCUT2D eigenvalue weighted by atomic mass is 9.95. The second kappa shape index (κ2) is 13.4. The van der Waals surface area contributed by atoms with Crippen molar-refractivity contribution < 1.29 is 4.42 Å². The molecular formula is C52H35NO. The van der Waals surface area contributed by atoms with Crippen LogP contribution in [0.15, 0.2) is 217 Å². The van der Waals surface area contributed by atoms with Crippen molar-refractivity contribution in [2.24, 2.45) is 0 Å². The van der Waals surface area contributed by atoms with Crippen LogP contribution in [0.5, 0.6) is 0 Å². The summed E-state index contributed by atoms with van der Waals surface area (Å²) >= 11 is 0. The lowest BCUT2D eigenvalue weighted by Gasteiger charge is -2.26. The van der Waals surface area contributed by atoms with Gasteiger partial charge in [-0.15, -0.1) is 0 Å². The molecule has 1 aromatic heterocycles. The van der Waals surface area contributed by atoms with Gasteiger partial charge in [0.05, 0.1) is 5.69 Å². The summed E-state index contributed by atoms with van der Waals surface area (Å²) in [6.45, 7) is 0. The van der Waals surface area contributed by atoms with Crippen molar-refractivity contribution in [2.75, 3.05) is 4.90 Å². The minimum absolute atomic E-state index is 0.852. The van der Waals surface area contributed by atoms with Crippen molar-refractivity contribution in [3.05, 3.63) is 212 Å². The highest BCUT2D eigenvalue weighted by molar-refractivity contribution is 6.21. The maximum atomic E-state index is 7.12. The van der Waals surface area contributed by atoms with Gasteiger partial charge in [0.2, 0.25) is 0 Å². The normalized spacial score (nSPS) is 11.3. The van der Waals surface area contributed by atoms with E-state index in [2.05, 4.69) is 217 Å². The molecule has 0 N–H and O–H groups in total. The van der Waals surface area contributed by atoms with Crippen molar-refractivity contribution in [3.8, 4) is 44.5 Å². The summed E-state index contributed by atoms with van der Waals surface area (Å²) in [4.78, 5) is 2.33. The van der Waals surface area contributed by atoms with E-state index in [1.165, 1.54) is 33.4 Å². The Bertz CT molecular complexity index is 2790. The monoisotopic (exact) mass is 689 g/mol. The largest absolute Gasteiger partial charge is 0.453 e. The van der Waals surface area contributed by atoms with Gasteiger partial charge >= 0.3 is 0 Å². The Morgan fingerprint density at radius 1 is 0.296 bits per heavy atom. The highest BCUT2D eigenvalue weighted by Gasteiger charge is 2.23. The first kappa shape index (κ1) is 31.6. The summed E-state index contributed by atoms with van der Waals surface area (Å²) in [7, 11) is 0. The molecule has 0 unspecified atom stereocenters. The average molecular weight is 690 g/mol. The molecule has 0 saturated carbocycles. The zero-order valence-corrected chi connectivity index (χ0v) is 29.6. The van der Waals surface area contributed by atoms with E-state index in [9.17, 15) is 0 Å². The number of hydrogen-bond acceptors (Lipinski definition) is 2. The Morgan fingerprint density at radius 2 is 0.741 bits per heavy atom. The van der Waals surface area contributed by atoms with E-state index in [4.69, 9.17) is 4.42 Å². The second-order valence-corrected chi connectivity index (χ2v) is 13.7. The molecule has 0 fully saturated rings. The molecule has 254 valence electrons. The Hall–Kier alpha value is -7.16. The number of hydrogen-bond donors (Lipinski definition) is 0. The van der Waals surface area contributed by atoms with Gasteiger partial charge in [-0.2, -0.15) is 0 Å². The van der Waals surface area contributed by atoms with Gasteiger partial charge in [-0.3, -0.25) is 0 Å². The first-order valence-electron chi connectivity index (χ1n) is 18.4. The minimum Gasteiger partial charge on any atom is -0.453 e. The molecule has 0 aliphatic rings. The summed E-state index contributed by atoms with van der Waals surface area (Å²) in [6.07, 6.45) is 0. The van der Waals surface area contributed by atoms with Crippen LogP contribution in [0.1, 0.15) is 0 Å². The number of benzene rings is 9. The maximum absolute atomic E-state index is 7.12. The van der Waals surface area contributed by atoms with E-state index < -0.39 is 0 Å². The molecule has 2 heteroatoms. The molecular weight excluding hydrogens is 655 g/mol. The molecule has 0 atom stereocenters. The van der Waals surface area contributed by atoms with Crippen LogP contribution in [0.4, 0.5) is 17.1 Å². The van der Waals surface area contributed by atoms with Crippen LogP contribution >= 0.6 is 0 Å². The van der Waals surface area contributed by atoms with E-state index >= 15 is 0 Å². The lowest BCUT2D eigenvalue weighted by Crippen LogP contribution is -2.10. The van der Waals surface area contributed by atoms with Gasteiger partial charge in [0.25, 0.3) is 0 Å². The van der Waals surface area contributed by atoms with Crippen LogP contribution in [-0.4, -0.2) is 0 Å². The van der Waals surface area contributed by atoms with E-state index in [0.717, 1.165) is 60.9 Å². The van der Waals surface area contributed by atoms with E-state index in [1.807, 2.05) is 0 Å². The quantitative estimate of drug-likeness (QED) is 0.166. The van der Waals surface area contributed by atoms with Crippen LogP contribution in [0.3, 0.4) is 0 Å². The molecule has 0 saturated heterocycles. The van der Waals surface area contributed by atoms with Gasteiger partial charge in [-0.1, -0.05) is 176 Å². The topological polar surface area (TPSA) is 16.4 Å². The molecule has 10 aromatic rings. The summed E-state index contributed by atoms with van der Waals surface area (Å²) in [5.74, 6) is 0. The first-order valence-corrected chi connectivity index (χ1v) is 18.4. The zero-order valence-electron chi connectivity index (χ0n) is 29.6. The van der Waals surface area contributed by atoms with Crippen LogP contribution in [0, 0.1) is 0 Å². The molecule has 9 aromatic carbocycles. The SMILES string of the molecule is c1ccc(-c2ccc(-c3ccc(N(c4ccc(-c5ccccc5)cc4)c4ccc(-c5ccccc5)cc4)c4oc5c6ccccc6ccc5c34)cc2)cc1. The molecule has 54 heavy (non-hydrogen) atoms. The van der Waals surface area contributed by atoms with Crippen LogP contribution in [0.25, 0.3) is 77.2 Å². The Balaban J connectivity index is 1.19. The summed E-state index contributed by atoms with van der Waals surface area (Å²) in [5.41, 5.74) is 14.3. The second-order valence-electron chi connectivity index (χ2n) is 13.7. The molecule has 0 amide bonds. The third kappa shape index (κ3) is 5.62. The fourth-order valence-corrected chi connectivity index (χ4v) is 7.78. The molecule has 0 spiro atoms. The van der Waals surface area contributed by atoms with Crippen LogP contribution in [0.2, 0.25) is 0 Å². The highest BCUT2D eigenvalue weighted by Crippen LogP contribution is 2.47. The van der Waals surface area contributed by atoms with Crippen molar-refractivity contribution in [3.63, 3.8) is 0 Å². The van der Waals surface area contributed by atoms with Crippen molar-refractivity contribution in [2.45, 2.75) is 0 Å². The fraction of sp³-hybridized carbons (Fsp3) is 0. The van der Waals surface area contributed by atoms with Gasteiger partial charge in [-0.05, 0) is 86.3 Å². The van der Waals surface area contributed by atoms with Gasteiger partial charge in [0.15, 0.2) is 5.58 Å². The number of furan rings is 1. The predicted octanol–water partition coefficient (Wildman–Crippen LogP) is 14.9. The van der Waals surface area contributed by atoms with E-state index in [0.29, 0.717) is 0 Å². The predicted molar refractivity (Wildman–Crippen MR) is 228 cm³/mol. The van der Waals surface area contributed by atoms with Crippen LogP contribution < -0.4 is 4.90 Å². The van der Waals surface area contributed by atoms with Gasteiger partial charge < -0.3 is 9.32 Å². The average Bonchev–Trinajstić information content (AvgIpc) is 3.66. The number of anilines is 3. The zero-order chi connectivity index (χ0) is 35.8. The number of rotatable bonds is 7. The Morgan fingerprint density at radius 3 is 1.28 bits per heavy atom. The molecule has 0 aliphatic carbocycles. The fourth-order valence-electron chi connectivity index (χ4n) is 7.78. The number of fused-ring (bicyclic) bond motifs is 5. The van der Waals surface area contributed by atoms with Crippen LogP contribution in [-0.2, 0) is 0 Å². The summed E-state index contributed by atoms with van der Waals surface area (Å²) < 4.78 is 7.12. The smallest absolute Gasteiger partial charge is 0.160 e. The number of nitrogens with zero attached hydrogens (tertiary/aromatic N) is 1. The third-order valence-corrected chi connectivity index (χ3v) is 10.5. The molecule has 2 nitrogen and oxygen atoms in total. The molecule has 10 rings (SSSR count). The van der Waals surface area contributed by atoms with Crippen molar-refractivity contribution in [1.82, 2.24) is 0 Å². The Kier molecular flexibility index (Phi) is 7.85. The summed E-state index contributed by atoms with van der Waals surface area (Å²) in [5, 5.41) is 4.47. The van der Waals surface area contributed by atoms with E-state index in [-0.39, 0.29) is 0 Å². The van der Waals surface area contributed by atoms with E-state index in [1.54, 1.807) is 0 Å². The first-order chi connectivity index (χ1) is 26.8. The van der Waals surface area contributed by atoms with Gasteiger partial charge in [0, 0.05) is 27.5 Å². The van der Waals surface area contributed by atoms with Gasteiger partial charge in [0.1, 0.15) is 5.58 Å². The third-order valence-electron chi connectivity index (χ3n) is 10.5. The van der Waals surface area contributed by atoms with Gasteiger partial charge in [-0.25, -0.2) is 0 Å². The highest BCUT2D eigenvalue weighted by atomic mass is 16.3. The molecule has 0 aliphatic heterocycles. The summed E-state index contributed by atoms with van der Waals surface area (Å²) in [6, 6.07) is 75.7. The molecule has 0 radical (unpaired) electrons. The van der Waals surface area contributed by atoms with Crippen molar-refractivity contribution in [1.29, 1.82) is 0 Å². The Labute approximate surface area is 314 Å². The standard InChI is InChI=1S/C52H35NO/c1-4-12-36(13-5-1)39-20-22-43(23-21-39)46-34-35-49(52-50(46)48-33-28-42-18-10-11-19-47(42)51(48)54-52)53(44-29-24-40(25-30-44)37-14-6-2-7-15-37)45-31-26-41(27-32-45)38-16-8-3-9-17-38/h1-35H. The molecule has 1 heterocycles. The van der Waals surface area contributed by atoms with Crippen molar-refractivity contribution >= 4 is 49.8 Å². The minimum atomic E-state index is 0.852. The molecule has 0 bridgehead atoms. The maximum Gasteiger partial charge on any atom is 0.160 e.